The highest BCUT2D eigenvalue weighted by Crippen LogP contribution is 2.09. The molecule has 0 radical (unpaired) electrons. The van der Waals surface area contributed by atoms with Crippen molar-refractivity contribution in [3.05, 3.63) is 0 Å². The molecule has 5 heteroatoms. The van der Waals surface area contributed by atoms with E-state index in [4.69, 9.17) is 0 Å². The molecule has 3 heterocycles. The lowest BCUT2D eigenvalue weighted by Gasteiger charge is -2.24. The van der Waals surface area contributed by atoms with Gasteiger partial charge < -0.3 is 0 Å². The van der Waals surface area contributed by atoms with Crippen molar-refractivity contribution in [1.82, 2.24) is 25.1 Å². The van der Waals surface area contributed by atoms with Crippen molar-refractivity contribution < 1.29 is 0 Å². The van der Waals surface area contributed by atoms with E-state index in [1.165, 1.54) is 39.3 Å². The number of hydrazine groups is 1. The summed E-state index contributed by atoms with van der Waals surface area (Å²) in [5, 5.41) is 2.35. The largest absolute Gasteiger partial charge is 0.287 e. The Bertz CT molecular complexity index is 183. The van der Waals surface area contributed by atoms with E-state index < -0.39 is 0 Å². The molecule has 0 bridgehead atoms. The Hall–Kier alpha value is -0.200. The van der Waals surface area contributed by atoms with Crippen molar-refractivity contribution in [3.8, 4) is 0 Å². The van der Waals surface area contributed by atoms with Crippen LogP contribution in [-0.4, -0.2) is 79.0 Å². The van der Waals surface area contributed by atoms with Crippen LogP contribution >= 0.6 is 0 Å². The predicted octanol–water partition coefficient (Wildman–Crippen LogP) is -1.39. The van der Waals surface area contributed by atoms with E-state index in [1.807, 2.05) is 0 Å². The number of hydrogen-bond acceptors (Lipinski definition) is 5. The van der Waals surface area contributed by atoms with Crippen molar-refractivity contribution >= 4 is 0 Å². The van der Waals surface area contributed by atoms with Crippen LogP contribution in [0.5, 0.6) is 0 Å². The predicted molar refractivity (Wildman–Crippen MR) is 54.3 cm³/mol. The van der Waals surface area contributed by atoms with Crippen molar-refractivity contribution in [2.24, 2.45) is 0 Å². The fraction of sp³-hybridized carbons (Fsp3) is 1.00. The third-order valence-corrected chi connectivity index (χ3v) is 2.88. The molecule has 14 heavy (non-hydrogen) atoms. The Balaban J connectivity index is 1.39. The quantitative estimate of drug-likeness (QED) is 0.400. The average Bonchev–Trinajstić information content (AvgIpc) is 2.92. The maximum absolute atomic E-state index is 3.50. The Morgan fingerprint density at radius 2 is 1.29 bits per heavy atom. The van der Waals surface area contributed by atoms with Gasteiger partial charge in [0.2, 0.25) is 0 Å². The lowest BCUT2D eigenvalue weighted by atomic mass is 10.8. The smallest absolute Gasteiger partial charge is 0.0662 e. The van der Waals surface area contributed by atoms with E-state index in [0.717, 1.165) is 20.0 Å². The molecule has 1 N–H and O–H groups in total. The molecule has 0 amide bonds. The maximum Gasteiger partial charge on any atom is 0.0662 e. The molecule has 0 aromatic carbocycles. The fourth-order valence-electron chi connectivity index (χ4n) is 1.48. The van der Waals surface area contributed by atoms with Crippen LogP contribution in [0.2, 0.25) is 0 Å². The molecule has 3 aliphatic rings. The second-order valence-corrected chi connectivity index (χ2v) is 4.49. The Morgan fingerprint density at radius 3 is 1.71 bits per heavy atom. The van der Waals surface area contributed by atoms with Gasteiger partial charge in [0.25, 0.3) is 0 Å². The van der Waals surface area contributed by atoms with Crippen molar-refractivity contribution in [2.75, 3.05) is 59.3 Å². The molecule has 3 fully saturated rings. The molecule has 0 unspecified atom stereocenters. The summed E-state index contributed by atoms with van der Waals surface area (Å²) in [5.41, 5.74) is 3.50. The molecule has 80 valence electrons. The van der Waals surface area contributed by atoms with Gasteiger partial charge in [-0.15, -0.1) is 0 Å². The van der Waals surface area contributed by atoms with Gasteiger partial charge in [-0.25, -0.2) is 10.4 Å². The summed E-state index contributed by atoms with van der Waals surface area (Å²) in [5.74, 6) is 0. The molecule has 0 aromatic heterocycles. The molecular weight excluding hydrogens is 178 g/mol. The summed E-state index contributed by atoms with van der Waals surface area (Å²) in [6, 6.07) is 0. The molecule has 3 saturated heterocycles. The first kappa shape index (κ1) is 9.06. The normalized spacial score (nSPS) is 27.2. The van der Waals surface area contributed by atoms with Gasteiger partial charge in [-0.2, -0.15) is 0 Å². The van der Waals surface area contributed by atoms with Gasteiger partial charge in [0.1, 0.15) is 0 Å². The third-order valence-electron chi connectivity index (χ3n) is 2.88. The second-order valence-electron chi connectivity index (χ2n) is 4.49. The minimum absolute atomic E-state index is 1.03. The highest BCUT2D eigenvalue weighted by molar-refractivity contribution is 4.76. The Kier molecular flexibility index (Phi) is 2.43. The zero-order valence-electron chi connectivity index (χ0n) is 8.65. The minimum Gasteiger partial charge on any atom is -0.287 e. The van der Waals surface area contributed by atoms with E-state index in [2.05, 4.69) is 25.1 Å². The lowest BCUT2D eigenvalue weighted by Crippen LogP contribution is -2.46. The minimum atomic E-state index is 1.03. The molecule has 0 aromatic rings. The highest BCUT2D eigenvalue weighted by atomic mass is 15.6. The second kappa shape index (κ2) is 3.75. The van der Waals surface area contributed by atoms with Gasteiger partial charge in [-0.05, 0) is 0 Å². The van der Waals surface area contributed by atoms with Crippen molar-refractivity contribution in [3.63, 3.8) is 0 Å². The van der Waals surface area contributed by atoms with Gasteiger partial charge in [0, 0.05) is 39.3 Å². The van der Waals surface area contributed by atoms with Gasteiger partial charge in [0.15, 0.2) is 0 Å². The van der Waals surface area contributed by atoms with Crippen molar-refractivity contribution in [1.29, 1.82) is 0 Å². The SMILES string of the molecule is C1CN1CNN(CN1CC1)CN1CC1. The van der Waals surface area contributed by atoms with E-state index in [9.17, 15) is 0 Å². The highest BCUT2D eigenvalue weighted by Gasteiger charge is 2.26. The molecule has 3 rings (SSSR count). The first-order chi connectivity index (χ1) is 6.90. The zero-order valence-corrected chi connectivity index (χ0v) is 8.65. The van der Waals surface area contributed by atoms with Crippen LogP contribution < -0.4 is 5.43 Å². The van der Waals surface area contributed by atoms with Crippen molar-refractivity contribution in [2.45, 2.75) is 0 Å². The Labute approximate surface area is 85.2 Å². The van der Waals surface area contributed by atoms with E-state index in [-0.39, 0.29) is 0 Å². The Morgan fingerprint density at radius 1 is 0.786 bits per heavy atom. The lowest BCUT2D eigenvalue weighted by molar-refractivity contribution is 0.0935. The number of nitrogens with zero attached hydrogens (tertiary/aromatic N) is 4. The van der Waals surface area contributed by atoms with E-state index in [1.54, 1.807) is 0 Å². The summed E-state index contributed by atoms with van der Waals surface area (Å²) < 4.78 is 0. The molecule has 0 spiro atoms. The monoisotopic (exact) mass is 197 g/mol. The van der Waals surface area contributed by atoms with Crippen LogP contribution in [0.1, 0.15) is 0 Å². The summed E-state index contributed by atoms with van der Waals surface area (Å²) >= 11 is 0. The first-order valence-corrected chi connectivity index (χ1v) is 5.56. The van der Waals surface area contributed by atoms with E-state index >= 15 is 0 Å². The molecule has 3 aliphatic heterocycles. The average molecular weight is 197 g/mol. The van der Waals surface area contributed by atoms with Crippen LogP contribution in [0.4, 0.5) is 0 Å². The van der Waals surface area contributed by atoms with Gasteiger partial charge >= 0.3 is 0 Å². The van der Waals surface area contributed by atoms with Crippen LogP contribution in [0.15, 0.2) is 0 Å². The topological polar surface area (TPSA) is 24.3 Å². The van der Waals surface area contributed by atoms with Gasteiger partial charge in [0.05, 0.1) is 20.0 Å². The van der Waals surface area contributed by atoms with Gasteiger partial charge in [-0.3, -0.25) is 14.7 Å². The standard InChI is InChI=1S/C9H19N5/c1-2-11(1)7-10-14(8-12-3-4-12)9-13-5-6-13/h10H,1-9H2. The first-order valence-electron chi connectivity index (χ1n) is 5.56. The molecule has 5 nitrogen and oxygen atoms in total. The summed E-state index contributed by atoms with van der Waals surface area (Å²) in [4.78, 5) is 7.29. The maximum atomic E-state index is 3.50. The number of rotatable bonds is 7. The van der Waals surface area contributed by atoms with Crippen LogP contribution in [0.25, 0.3) is 0 Å². The van der Waals surface area contributed by atoms with Crippen LogP contribution in [0.3, 0.4) is 0 Å². The number of hydrogen-bond donors (Lipinski definition) is 1. The molecule has 0 aliphatic carbocycles. The fourth-order valence-corrected chi connectivity index (χ4v) is 1.48. The summed E-state index contributed by atoms with van der Waals surface area (Å²) in [6.07, 6.45) is 0. The number of nitrogens with one attached hydrogen (secondary N) is 1. The zero-order chi connectivity index (χ0) is 9.38. The van der Waals surface area contributed by atoms with E-state index in [0.29, 0.717) is 0 Å². The molecule has 0 saturated carbocycles. The van der Waals surface area contributed by atoms with Gasteiger partial charge in [-0.1, -0.05) is 0 Å². The van der Waals surface area contributed by atoms with Crippen LogP contribution in [0, 0.1) is 0 Å². The molecule has 0 atom stereocenters. The molecular formula is C9H19N5. The summed E-state index contributed by atoms with van der Waals surface area (Å²) in [7, 11) is 0. The van der Waals surface area contributed by atoms with Crippen LogP contribution in [-0.2, 0) is 0 Å². The third kappa shape index (κ3) is 2.90. The summed E-state index contributed by atoms with van der Waals surface area (Å²) in [6.45, 7) is 10.9.